The molecule has 1 amide bonds. The third-order valence-electron chi connectivity index (χ3n) is 3.37. The number of hydrogen-bond donors (Lipinski definition) is 3. The number of nitrogens with two attached hydrogens (primary N) is 1. The predicted molar refractivity (Wildman–Crippen MR) is 84.2 cm³/mol. The number of rotatable bonds is 5. The van der Waals surface area contributed by atoms with E-state index in [0.29, 0.717) is 0 Å². The third-order valence-corrected chi connectivity index (χ3v) is 3.37. The quantitative estimate of drug-likeness (QED) is 0.790. The first-order chi connectivity index (χ1) is 9.95. The molecule has 0 fully saturated rings. The molecule has 4 nitrogen and oxygen atoms in total. The first-order valence-corrected chi connectivity index (χ1v) is 6.89. The number of aryl methyl sites for hydroxylation is 1. The van der Waals surface area contributed by atoms with Gasteiger partial charge in [-0.25, -0.2) is 0 Å². The van der Waals surface area contributed by atoms with Crippen molar-refractivity contribution < 1.29 is 9.90 Å². The van der Waals surface area contributed by atoms with Crippen LogP contribution in [0.15, 0.2) is 42.5 Å². The van der Waals surface area contributed by atoms with Crippen molar-refractivity contribution >= 4 is 11.6 Å². The van der Waals surface area contributed by atoms with Gasteiger partial charge >= 0.3 is 0 Å². The van der Waals surface area contributed by atoms with E-state index >= 15 is 0 Å². The van der Waals surface area contributed by atoms with Crippen LogP contribution in [0.1, 0.15) is 29.7 Å². The topological polar surface area (TPSA) is 75.3 Å². The van der Waals surface area contributed by atoms with Crippen molar-refractivity contribution in [2.24, 2.45) is 5.73 Å². The van der Waals surface area contributed by atoms with Gasteiger partial charge in [0.15, 0.2) is 0 Å². The Morgan fingerprint density at radius 3 is 2.52 bits per heavy atom. The number of benzene rings is 2. The van der Waals surface area contributed by atoms with E-state index < -0.39 is 0 Å². The van der Waals surface area contributed by atoms with Crippen LogP contribution < -0.4 is 11.1 Å². The highest BCUT2D eigenvalue weighted by atomic mass is 16.3. The molecule has 110 valence electrons. The van der Waals surface area contributed by atoms with E-state index in [-0.39, 0.29) is 24.1 Å². The molecule has 0 aliphatic heterocycles. The van der Waals surface area contributed by atoms with Gasteiger partial charge in [-0.1, -0.05) is 29.8 Å². The average molecular weight is 284 g/mol. The molecule has 0 radical (unpaired) electrons. The fourth-order valence-corrected chi connectivity index (χ4v) is 2.27. The highest BCUT2D eigenvalue weighted by Gasteiger charge is 2.10. The standard InChI is InChI=1S/C17H20N2O2/c1-11-3-8-16(20)15(9-11)12(2)19-14-6-4-13(5-7-14)10-17(18)21/h3-9,12,19-20H,10H2,1-2H3,(H2,18,21). The van der Waals surface area contributed by atoms with Crippen molar-refractivity contribution in [1.82, 2.24) is 0 Å². The first kappa shape index (κ1) is 14.9. The summed E-state index contributed by atoms with van der Waals surface area (Å²) in [6, 6.07) is 13.1. The fourth-order valence-electron chi connectivity index (χ4n) is 2.27. The van der Waals surface area contributed by atoms with Crippen molar-refractivity contribution in [1.29, 1.82) is 0 Å². The summed E-state index contributed by atoms with van der Waals surface area (Å²) in [5.41, 5.74) is 8.95. The minimum Gasteiger partial charge on any atom is -0.508 e. The van der Waals surface area contributed by atoms with Crippen molar-refractivity contribution in [3.8, 4) is 5.75 Å². The van der Waals surface area contributed by atoms with Crippen molar-refractivity contribution in [2.45, 2.75) is 26.3 Å². The number of primary amides is 1. The molecule has 0 aliphatic carbocycles. The highest BCUT2D eigenvalue weighted by molar-refractivity contribution is 5.76. The molecule has 4 heteroatoms. The maximum Gasteiger partial charge on any atom is 0.221 e. The van der Waals surface area contributed by atoms with Gasteiger partial charge in [0.1, 0.15) is 5.75 Å². The van der Waals surface area contributed by atoms with Crippen LogP contribution in [0, 0.1) is 6.92 Å². The van der Waals surface area contributed by atoms with E-state index in [4.69, 9.17) is 5.73 Å². The van der Waals surface area contributed by atoms with Crippen LogP contribution in [-0.4, -0.2) is 11.0 Å². The molecule has 0 saturated carbocycles. The summed E-state index contributed by atoms with van der Waals surface area (Å²) in [7, 11) is 0. The molecule has 1 unspecified atom stereocenters. The summed E-state index contributed by atoms with van der Waals surface area (Å²) in [6.07, 6.45) is 0.245. The van der Waals surface area contributed by atoms with E-state index in [1.807, 2.05) is 50.2 Å². The molecule has 2 aromatic rings. The summed E-state index contributed by atoms with van der Waals surface area (Å²) >= 11 is 0. The second-order valence-electron chi connectivity index (χ2n) is 5.27. The minimum absolute atomic E-state index is 0.0214. The summed E-state index contributed by atoms with van der Waals surface area (Å²) in [4.78, 5) is 10.9. The molecule has 1 atom stereocenters. The van der Waals surface area contributed by atoms with Gasteiger partial charge in [-0.15, -0.1) is 0 Å². The fraction of sp³-hybridized carbons (Fsp3) is 0.235. The van der Waals surface area contributed by atoms with Crippen LogP contribution in [0.25, 0.3) is 0 Å². The molecule has 0 bridgehead atoms. The monoisotopic (exact) mass is 284 g/mol. The lowest BCUT2D eigenvalue weighted by molar-refractivity contribution is -0.117. The average Bonchev–Trinajstić information content (AvgIpc) is 2.43. The molecule has 0 heterocycles. The van der Waals surface area contributed by atoms with E-state index in [1.165, 1.54) is 0 Å². The second kappa shape index (κ2) is 6.31. The molecule has 0 aromatic heterocycles. The predicted octanol–water partition coefficient (Wildman–Crippen LogP) is 2.90. The summed E-state index contributed by atoms with van der Waals surface area (Å²) in [5.74, 6) is -0.0558. The van der Waals surface area contributed by atoms with Gasteiger partial charge in [-0.05, 0) is 37.6 Å². The van der Waals surface area contributed by atoms with Crippen LogP contribution in [0.5, 0.6) is 5.75 Å². The zero-order valence-corrected chi connectivity index (χ0v) is 12.3. The minimum atomic E-state index is -0.339. The lowest BCUT2D eigenvalue weighted by Crippen LogP contribution is -2.13. The highest BCUT2D eigenvalue weighted by Crippen LogP contribution is 2.27. The van der Waals surface area contributed by atoms with E-state index in [0.717, 1.165) is 22.4 Å². The molecule has 0 spiro atoms. The Morgan fingerprint density at radius 2 is 1.90 bits per heavy atom. The summed E-state index contributed by atoms with van der Waals surface area (Å²) in [5, 5.41) is 13.3. The number of amides is 1. The molecule has 2 aromatic carbocycles. The largest absolute Gasteiger partial charge is 0.508 e. The molecule has 0 saturated heterocycles. The van der Waals surface area contributed by atoms with Crippen LogP contribution in [0.3, 0.4) is 0 Å². The Bertz CT molecular complexity index is 636. The number of carbonyl (C=O) groups is 1. The van der Waals surface area contributed by atoms with Crippen molar-refractivity contribution in [3.05, 3.63) is 59.2 Å². The molecular weight excluding hydrogens is 264 g/mol. The number of phenols is 1. The van der Waals surface area contributed by atoms with Crippen LogP contribution in [0.2, 0.25) is 0 Å². The molecule has 21 heavy (non-hydrogen) atoms. The first-order valence-electron chi connectivity index (χ1n) is 6.89. The summed E-state index contributed by atoms with van der Waals surface area (Å²) < 4.78 is 0. The van der Waals surface area contributed by atoms with Gasteiger partial charge in [-0.2, -0.15) is 0 Å². The Balaban J connectivity index is 2.10. The lowest BCUT2D eigenvalue weighted by Gasteiger charge is -2.17. The number of phenolic OH excluding ortho intramolecular Hbond substituents is 1. The molecular formula is C17H20N2O2. The number of anilines is 1. The van der Waals surface area contributed by atoms with Gasteiger partial charge < -0.3 is 16.2 Å². The maximum absolute atomic E-state index is 10.9. The zero-order chi connectivity index (χ0) is 15.4. The van der Waals surface area contributed by atoms with Crippen molar-refractivity contribution in [2.75, 3.05) is 5.32 Å². The van der Waals surface area contributed by atoms with E-state index in [2.05, 4.69) is 5.32 Å². The summed E-state index contributed by atoms with van der Waals surface area (Å²) in [6.45, 7) is 3.99. The number of aromatic hydroxyl groups is 1. The Hall–Kier alpha value is -2.49. The number of carbonyl (C=O) groups excluding carboxylic acids is 1. The van der Waals surface area contributed by atoms with Crippen LogP contribution >= 0.6 is 0 Å². The van der Waals surface area contributed by atoms with Crippen molar-refractivity contribution in [3.63, 3.8) is 0 Å². The second-order valence-corrected chi connectivity index (χ2v) is 5.27. The van der Waals surface area contributed by atoms with Gasteiger partial charge in [0.2, 0.25) is 5.91 Å². The third kappa shape index (κ3) is 3.99. The lowest BCUT2D eigenvalue weighted by atomic mass is 10.0. The number of hydrogen-bond acceptors (Lipinski definition) is 3. The molecule has 4 N–H and O–H groups in total. The Morgan fingerprint density at radius 1 is 1.24 bits per heavy atom. The van der Waals surface area contributed by atoms with Gasteiger partial charge in [0.25, 0.3) is 0 Å². The van der Waals surface area contributed by atoms with Crippen LogP contribution in [0.4, 0.5) is 5.69 Å². The molecule has 0 aliphatic rings. The van der Waals surface area contributed by atoms with E-state index in [9.17, 15) is 9.90 Å². The van der Waals surface area contributed by atoms with Gasteiger partial charge in [-0.3, -0.25) is 4.79 Å². The maximum atomic E-state index is 10.9. The van der Waals surface area contributed by atoms with E-state index in [1.54, 1.807) is 6.07 Å². The van der Waals surface area contributed by atoms with Gasteiger partial charge in [0, 0.05) is 11.3 Å². The Kier molecular flexibility index (Phi) is 4.48. The van der Waals surface area contributed by atoms with Gasteiger partial charge in [0.05, 0.1) is 12.5 Å². The Labute approximate surface area is 124 Å². The SMILES string of the molecule is Cc1ccc(O)c(C(C)Nc2ccc(CC(N)=O)cc2)c1. The normalized spacial score (nSPS) is 11.9. The van der Waals surface area contributed by atoms with Crippen LogP contribution in [-0.2, 0) is 11.2 Å². The number of nitrogens with one attached hydrogen (secondary N) is 1. The molecule has 2 rings (SSSR count). The smallest absolute Gasteiger partial charge is 0.221 e. The zero-order valence-electron chi connectivity index (χ0n) is 12.3.